The van der Waals surface area contributed by atoms with E-state index in [-0.39, 0.29) is 23.3 Å². The maximum Gasteiger partial charge on any atom is 0.271 e. The van der Waals surface area contributed by atoms with E-state index in [9.17, 15) is 9.18 Å². The van der Waals surface area contributed by atoms with Crippen molar-refractivity contribution in [2.24, 2.45) is 5.92 Å². The molecule has 2 aliphatic heterocycles. The van der Waals surface area contributed by atoms with E-state index in [1.54, 1.807) is 16.8 Å². The summed E-state index contributed by atoms with van der Waals surface area (Å²) in [6, 6.07) is 5.44. The third kappa shape index (κ3) is 2.34. The third-order valence-electron chi connectivity index (χ3n) is 6.71. The first-order valence-electron chi connectivity index (χ1n) is 10.1. The molecular weight excluding hydrogens is 371 g/mol. The van der Waals surface area contributed by atoms with E-state index in [1.807, 2.05) is 19.1 Å². The van der Waals surface area contributed by atoms with Gasteiger partial charge in [-0.25, -0.2) is 13.9 Å². The molecule has 3 aromatic heterocycles. The lowest BCUT2D eigenvalue weighted by molar-refractivity contribution is 0.0931. The molecule has 1 saturated heterocycles. The Bertz CT molecular complexity index is 1160. The van der Waals surface area contributed by atoms with Crippen molar-refractivity contribution in [3.63, 3.8) is 0 Å². The summed E-state index contributed by atoms with van der Waals surface area (Å²) in [4.78, 5) is 23.9. The molecule has 3 aliphatic rings. The molecule has 1 saturated carbocycles. The number of hydrogen-bond donors (Lipinski definition) is 1. The number of carbonyl (C=O) groups excluding carboxylic acids is 1. The molecule has 6 rings (SSSR count). The number of nitrogens with zero attached hydrogens (tertiary/aromatic N) is 5. The summed E-state index contributed by atoms with van der Waals surface area (Å²) in [5.41, 5.74) is 2.71. The second-order valence-corrected chi connectivity index (χ2v) is 8.43. The number of amides is 1. The van der Waals surface area contributed by atoms with E-state index in [1.165, 1.54) is 6.20 Å². The fraction of sp³-hybridized carbons (Fsp3) is 0.429. The molecule has 0 aromatic carbocycles. The van der Waals surface area contributed by atoms with Crippen LogP contribution in [0.1, 0.15) is 47.9 Å². The first-order valence-corrected chi connectivity index (χ1v) is 10.1. The Balaban J connectivity index is 1.57. The number of fused-ring (bicyclic) bond motifs is 3. The number of carbonyl (C=O) groups is 1. The van der Waals surface area contributed by atoms with Crippen molar-refractivity contribution in [2.45, 2.75) is 44.2 Å². The highest BCUT2D eigenvalue weighted by Gasteiger charge is 2.64. The summed E-state index contributed by atoms with van der Waals surface area (Å²) in [5, 5.41) is 7.80. The minimum atomic E-state index is -0.304. The Hall–Kier alpha value is -3.03. The van der Waals surface area contributed by atoms with Crippen molar-refractivity contribution in [3.05, 3.63) is 53.4 Å². The van der Waals surface area contributed by atoms with Gasteiger partial charge in [-0.2, -0.15) is 0 Å². The average Bonchev–Trinajstić information content (AvgIpc) is 3.09. The Morgan fingerprint density at radius 3 is 3.00 bits per heavy atom. The number of hydrogen-bond acceptors (Lipinski definition) is 5. The monoisotopic (exact) mass is 392 g/mol. The normalized spacial score (nSPS) is 28.1. The largest absolute Gasteiger partial charge is 0.348 e. The summed E-state index contributed by atoms with van der Waals surface area (Å²) in [5.74, 6) is 0.766. The van der Waals surface area contributed by atoms with Gasteiger partial charge in [-0.1, -0.05) is 0 Å². The molecule has 5 heterocycles. The Labute approximate surface area is 167 Å². The van der Waals surface area contributed by atoms with Crippen LogP contribution in [0, 0.1) is 11.7 Å². The van der Waals surface area contributed by atoms with Gasteiger partial charge >= 0.3 is 0 Å². The van der Waals surface area contributed by atoms with Crippen molar-refractivity contribution >= 4 is 17.4 Å². The highest BCUT2D eigenvalue weighted by Crippen LogP contribution is 2.63. The van der Waals surface area contributed by atoms with E-state index in [0.29, 0.717) is 23.7 Å². The molecule has 1 N–H and O–H groups in total. The molecule has 7 nitrogen and oxygen atoms in total. The van der Waals surface area contributed by atoms with Gasteiger partial charge in [0.1, 0.15) is 11.6 Å². The summed E-state index contributed by atoms with van der Waals surface area (Å²) in [6.45, 7) is 2.83. The van der Waals surface area contributed by atoms with Gasteiger partial charge in [0.2, 0.25) is 0 Å². The van der Waals surface area contributed by atoms with Crippen LogP contribution in [0.4, 0.5) is 10.2 Å². The number of rotatable bonds is 0. The highest BCUT2D eigenvalue weighted by molar-refractivity contribution is 5.93. The first kappa shape index (κ1) is 16.9. The van der Waals surface area contributed by atoms with Crippen molar-refractivity contribution < 1.29 is 9.18 Å². The van der Waals surface area contributed by atoms with Gasteiger partial charge in [-0.15, -0.1) is 5.10 Å². The van der Waals surface area contributed by atoms with Gasteiger partial charge in [-0.05, 0) is 56.7 Å². The predicted molar refractivity (Wildman–Crippen MR) is 104 cm³/mol. The quantitative estimate of drug-likeness (QED) is 0.636. The second kappa shape index (κ2) is 5.75. The van der Waals surface area contributed by atoms with E-state index < -0.39 is 0 Å². The topological polar surface area (TPSA) is 75.4 Å². The standard InChI is InChI=1S/C21H21FN6O/c1-12-2-3-16-15(8-14(22)10-23-16)21-9-13(21)6-7-27(21)19-5-4-18-24-11-17(20(29)25-12)28(18)26-19/h4-5,8,10-13H,2-3,6-7,9H2,1H3,(H,25,29)/t12-,13?,21?/m1/s1. The number of piperidine rings is 1. The van der Waals surface area contributed by atoms with E-state index >= 15 is 0 Å². The zero-order valence-electron chi connectivity index (χ0n) is 16.1. The number of halogens is 1. The predicted octanol–water partition coefficient (Wildman–Crippen LogP) is 2.45. The molecule has 1 spiro atoms. The number of nitrogens with one attached hydrogen (secondary N) is 1. The average molecular weight is 392 g/mol. The van der Waals surface area contributed by atoms with Gasteiger partial charge in [0.15, 0.2) is 11.3 Å². The van der Waals surface area contributed by atoms with Gasteiger partial charge in [0.25, 0.3) is 5.91 Å². The Morgan fingerprint density at radius 2 is 2.14 bits per heavy atom. The van der Waals surface area contributed by atoms with Crippen LogP contribution in [0.15, 0.2) is 30.6 Å². The van der Waals surface area contributed by atoms with Crippen LogP contribution in [0.2, 0.25) is 0 Å². The van der Waals surface area contributed by atoms with Gasteiger partial charge in [0.05, 0.1) is 17.9 Å². The molecule has 2 fully saturated rings. The van der Waals surface area contributed by atoms with Crippen LogP contribution in [-0.4, -0.2) is 38.1 Å². The molecule has 1 aliphatic carbocycles. The maximum absolute atomic E-state index is 14.2. The number of aromatic nitrogens is 4. The highest BCUT2D eigenvalue weighted by atomic mass is 19.1. The number of anilines is 1. The van der Waals surface area contributed by atoms with Gasteiger partial charge in [0, 0.05) is 23.8 Å². The van der Waals surface area contributed by atoms with E-state index in [0.717, 1.165) is 42.9 Å². The summed E-state index contributed by atoms with van der Waals surface area (Å²) < 4.78 is 15.9. The van der Waals surface area contributed by atoms with Crippen LogP contribution < -0.4 is 10.2 Å². The first-order chi connectivity index (χ1) is 14.1. The summed E-state index contributed by atoms with van der Waals surface area (Å²) >= 11 is 0. The lowest BCUT2D eigenvalue weighted by Gasteiger charge is -2.31. The zero-order valence-corrected chi connectivity index (χ0v) is 16.1. The molecule has 2 bridgehead atoms. The third-order valence-corrected chi connectivity index (χ3v) is 6.71. The molecule has 3 aromatic rings. The zero-order chi connectivity index (χ0) is 19.8. The summed E-state index contributed by atoms with van der Waals surface area (Å²) in [7, 11) is 0. The van der Waals surface area contributed by atoms with Crippen LogP contribution in [0.3, 0.4) is 0 Å². The minimum Gasteiger partial charge on any atom is -0.348 e. The second-order valence-electron chi connectivity index (χ2n) is 8.43. The molecule has 3 atom stereocenters. The van der Waals surface area contributed by atoms with Crippen LogP contribution >= 0.6 is 0 Å². The van der Waals surface area contributed by atoms with Crippen molar-refractivity contribution in [1.29, 1.82) is 0 Å². The van der Waals surface area contributed by atoms with E-state index in [2.05, 4.69) is 20.2 Å². The fourth-order valence-corrected chi connectivity index (χ4v) is 5.19. The van der Waals surface area contributed by atoms with Crippen LogP contribution in [0.25, 0.3) is 5.65 Å². The molecule has 0 radical (unpaired) electrons. The van der Waals surface area contributed by atoms with Gasteiger partial charge < -0.3 is 10.2 Å². The van der Waals surface area contributed by atoms with Gasteiger partial charge in [-0.3, -0.25) is 9.78 Å². The Kier molecular flexibility index (Phi) is 3.34. The van der Waals surface area contributed by atoms with E-state index in [4.69, 9.17) is 5.10 Å². The number of imidazole rings is 1. The van der Waals surface area contributed by atoms with Crippen molar-refractivity contribution in [1.82, 2.24) is 24.9 Å². The fourth-order valence-electron chi connectivity index (χ4n) is 5.19. The maximum atomic E-state index is 14.2. The lowest BCUT2D eigenvalue weighted by Crippen LogP contribution is -2.35. The molecule has 2 unspecified atom stereocenters. The van der Waals surface area contributed by atoms with Crippen molar-refractivity contribution in [2.75, 3.05) is 11.4 Å². The lowest BCUT2D eigenvalue weighted by atomic mass is 9.96. The molecule has 148 valence electrons. The Morgan fingerprint density at radius 1 is 1.24 bits per heavy atom. The van der Waals surface area contributed by atoms with Crippen LogP contribution in [0.5, 0.6) is 0 Å². The molecular formula is C21H21FN6O. The molecule has 1 amide bonds. The SMILES string of the molecule is C[C@@H]1CCc2ncc(F)cc2C23CC2CCN3c2ccc3ncc(n3n2)C(=O)N1. The molecule has 8 heteroatoms. The smallest absolute Gasteiger partial charge is 0.271 e. The minimum absolute atomic E-state index is 0.0520. The molecule has 29 heavy (non-hydrogen) atoms. The number of aryl methyl sites for hydroxylation is 1. The summed E-state index contributed by atoms with van der Waals surface area (Å²) in [6.07, 6.45) is 6.31. The number of pyridine rings is 1. The van der Waals surface area contributed by atoms with Crippen LogP contribution in [-0.2, 0) is 12.0 Å². The van der Waals surface area contributed by atoms with Crippen molar-refractivity contribution in [3.8, 4) is 0 Å².